The minimum atomic E-state index is -0.914. The van der Waals surface area contributed by atoms with Crippen molar-refractivity contribution in [1.82, 2.24) is 10.1 Å². The van der Waals surface area contributed by atoms with Crippen molar-refractivity contribution in [2.75, 3.05) is 13.6 Å². The number of hydrogen-bond donors (Lipinski definition) is 2. The highest BCUT2D eigenvalue weighted by molar-refractivity contribution is 5.73. The van der Waals surface area contributed by atoms with Crippen molar-refractivity contribution < 1.29 is 9.63 Å². The zero-order valence-corrected chi connectivity index (χ0v) is 18.1. The fraction of sp³-hybridized carbons (Fsp3) is 0.308. The highest BCUT2D eigenvalue weighted by Gasteiger charge is 2.24. The molecule has 0 saturated carbocycles. The topological polar surface area (TPSA) is 52.4 Å². The van der Waals surface area contributed by atoms with Crippen LogP contribution in [0.4, 0.5) is 0 Å². The van der Waals surface area contributed by atoms with Crippen LogP contribution in [0.3, 0.4) is 0 Å². The summed E-state index contributed by atoms with van der Waals surface area (Å²) in [5.41, 5.74) is 4.29. The van der Waals surface area contributed by atoms with E-state index in [1.165, 1.54) is 18.4 Å². The molecule has 1 heterocycles. The van der Waals surface area contributed by atoms with Gasteiger partial charge in [0, 0.05) is 6.54 Å². The molecule has 0 unspecified atom stereocenters. The Hall–Kier alpha value is -2.82. The summed E-state index contributed by atoms with van der Waals surface area (Å²) >= 11 is 0. The van der Waals surface area contributed by atoms with Crippen molar-refractivity contribution in [2.45, 2.75) is 38.8 Å². The minimum Gasteiger partial charge on any atom is -0.381 e. The van der Waals surface area contributed by atoms with E-state index in [2.05, 4.69) is 42.2 Å². The Bertz CT molecular complexity index is 962. The molecule has 0 bridgehead atoms. The van der Waals surface area contributed by atoms with Gasteiger partial charge in [0.2, 0.25) is 0 Å². The van der Waals surface area contributed by atoms with Crippen LogP contribution in [0.25, 0.3) is 11.1 Å². The summed E-state index contributed by atoms with van der Waals surface area (Å²) in [6.07, 6.45) is 2.51. The fourth-order valence-electron chi connectivity index (χ4n) is 3.41. The van der Waals surface area contributed by atoms with E-state index in [0.29, 0.717) is 0 Å². The summed E-state index contributed by atoms with van der Waals surface area (Å²) in [4.78, 5) is 2.34. The Morgan fingerprint density at radius 1 is 0.933 bits per heavy atom. The van der Waals surface area contributed by atoms with E-state index >= 15 is 0 Å². The highest BCUT2D eigenvalue weighted by atomic mass is 16.5. The molecule has 0 fully saturated rings. The van der Waals surface area contributed by atoms with E-state index in [4.69, 9.17) is 4.52 Å². The van der Waals surface area contributed by atoms with Crippen LogP contribution in [0.2, 0.25) is 0 Å². The molecular formula is C26H32N2O2. The zero-order chi connectivity index (χ0) is 21.4. The van der Waals surface area contributed by atoms with Gasteiger partial charge >= 0.3 is 0 Å². The molecule has 30 heavy (non-hydrogen) atoms. The Kier molecular flexibility index (Phi) is 7.50. The van der Waals surface area contributed by atoms with Crippen LogP contribution in [0.1, 0.15) is 43.4 Å². The molecule has 0 atom stereocenters. The minimum absolute atomic E-state index is 0.913. The number of aromatic amines is 1. The van der Waals surface area contributed by atoms with Gasteiger partial charge in [-0.15, -0.1) is 0 Å². The Morgan fingerprint density at radius 3 is 2.00 bits per heavy atom. The Morgan fingerprint density at radius 2 is 1.53 bits per heavy atom. The maximum absolute atomic E-state index is 10.5. The van der Waals surface area contributed by atoms with Crippen molar-refractivity contribution >= 4 is 11.1 Å². The molecule has 3 aromatic carbocycles. The van der Waals surface area contributed by atoms with E-state index in [1.54, 1.807) is 0 Å². The predicted octanol–water partition coefficient (Wildman–Crippen LogP) is 5.94. The molecule has 0 radical (unpaired) electrons. The number of unbranched alkanes of at least 4 members (excludes halogenated alkanes) is 1. The molecule has 0 aliphatic rings. The first-order chi connectivity index (χ1) is 14.5. The van der Waals surface area contributed by atoms with Gasteiger partial charge in [-0.25, -0.2) is 5.16 Å². The lowest BCUT2D eigenvalue weighted by atomic mass is 9.88. The van der Waals surface area contributed by atoms with Gasteiger partial charge in [0.1, 0.15) is 11.1 Å². The van der Waals surface area contributed by atoms with Gasteiger partial charge in [-0.2, -0.15) is 0 Å². The van der Waals surface area contributed by atoms with Gasteiger partial charge < -0.3 is 14.5 Å². The van der Waals surface area contributed by atoms with Crippen LogP contribution < -0.4 is 0 Å². The number of rotatable bonds is 7. The molecule has 4 heteroatoms. The second kappa shape index (κ2) is 10.3. The Balaban J connectivity index is 0.000000171. The lowest BCUT2D eigenvalue weighted by molar-refractivity contribution is 0.102. The normalized spacial score (nSPS) is 11.5. The van der Waals surface area contributed by atoms with Gasteiger partial charge in [-0.1, -0.05) is 80.1 Å². The maximum Gasteiger partial charge on any atom is 0.181 e. The summed E-state index contributed by atoms with van der Waals surface area (Å²) in [5.74, 6) is 0. The van der Waals surface area contributed by atoms with Crippen LogP contribution in [0, 0.1) is 0 Å². The molecule has 4 aromatic rings. The summed E-state index contributed by atoms with van der Waals surface area (Å²) in [6, 6.07) is 25.7. The van der Waals surface area contributed by atoms with Crippen molar-refractivity contribution in [3.05, 3.63) is 95.6 Å². The molecule has 4 rings (SSSR count). The van der Waals surface area contributed by atoms with Crippen LogP contribution in [-0.4, -0.2) is 28.8 Å². The third-order valence-corrected chi connectivity index (χ3v) is 5.33. The standard InChI is InChI=1S/C14H14O.C12H18N2O/c1-14(15,12-8-4-2-5-9-12)13-10-6-3-7-11-13;1-3-4-7-14(2)9-10-5-6-11-12(8-10)15-13-11/h2-11,15H,1H3;5-6,8,13H,3-4,7,9H2,1-2H3. The second-order valence-corrected chi connectivity index (χ2v) is 7.93. The van der Waals surface area contributed by atoms with Crippen LogP contribution in [-0.2, 0) is 12.1 Å². The third kappa shape index (κ3) is 5.62. The highest BCUT2D eigenvalue weighted by Crippen LogP contribution is 2.28. The van der Waals surface area contributed by atoms with Crippen molar-refractivity contribution in [3.8, 4) is 0 Å². The first-order valence-electron chi connectivity index (χ1n) is 10.6. The molecule has 0 amide bonds. The first-order valence-corrected chi connectivity index (χ1v) is 10.6. The van der Waals surface area contributed by atoms with Crippen molar-refractivity contribution in [1.29, 1.82) is 0 Å². The predicted molar refractivity (Wildman–Crippen MR) is 123 cm³/mol. The smallest absolute Gasteiger partial charge is 0.181 e. The number of hydrogen-bond acceptors (Lipinski definition) is 3. The van der Waals surface area contributed by atoms with Crippen LogP contribution >= 0.6 is 0 Å². The Labute approximate surface area is 179 Å². The number of H-pyrrole nitrogens is 1. The number of aromatic nitrogens is 1. The molecule has 2 N–H and O–H groups in total. The average molecular weight is 405 g/mol. The molecule has 158 valence electrons. The van der Waals surface area contributed by atoms with Crippen molar-refractivity contribution in [3.63, 3.8) is 0 Å². The van der Waals surface area contributed by atoms with E-state index in [1.807, 2.05) is 67.6 Å². The maximum atomic E-state index is 10.5. The average Bonchev–Trinajstić information content (AvgIpc) is 2.76. The molecule has 0 aliphatic carbocycles. The van der Waals surface area contributed by atoms with E-state index in [9.17, 15) is 5.11 Å². The number of nitrogens with zero attached hydrogens (tertiary/aromatic N) is 1. The first kappa shape index (κ1) is 21.9. The number of nitrogens with one attached hydrogen (secondary N) is 1. The van der Waals surface area contributed by atoms with E-state index in [-0.39, 0.29) is 0 Å². The van der Waals surface area contributed by atoms with E-state index < -0.39 is 5.60 Å². The molecular weight excluding hydrogens is 372 g/mol. The zero-order valence-electron chi connectivity index (χ0n) is 18.1. The lowest BCUT2D eigenvalue weighted by Crippen LogP contribution is -2.22. The number of aliphatic hydroxyl groups is 1. The summed E-state index contributed by atoms with van der Waals surface area (Å²) in [7, 11) is 2.16. The molecule has 0 aliphatic heterocycles. The van der Waals surface area contributed by atoms with Gasteiger partial charge in [0.05, 0.1) is 0 Å². The van der Waals surface area contributed by atoms with Gasteiger partial charge in [0.25, 0.3) is 0 Å². The summed E-state index contributed by atoms with van der Waals surface area (Å²) in [6.45, 7) is 6.19. The monoisotopic (exact) mass is 404 g/mol. The summed E-state index contributed by atoms with van der Waals surface area (Å²) < 4.78 is 5.11. The molecule has 4 nitrogen and oxygen atoms in total. The SMILES string of the molecule is CC(O)(c1ccccc1)c1ccccc1.CCCCN(C)Cc1ccc2[nH]oc2c1. The largest absolute Gasteiger partial charge is 0.381 e. The van der Waals surface area contributed by atoms with Gasteiger partial charge in [-0.05, 0) is 55.8 Å². The molecule has 0 saturated heterocycles. The lowest BCUT2D eigenvalue weighted by Gasteiger charge is -2.24. The van der Waals surface area contributed by atoms with Crippen LogP contribution in [0.15, 0.2) is 83.4 Å². The molecule has 0 spiro atoms. The van der Waals surface area contributed by atoms with Gasteiger partial charge in [0.15, 0.2) is 5.58 Å². The van der Waals surface area contributed by atoms with E-state index in [0.717, 1.165) is 35.3 Å². The summed E-state index contributed by atoms with van der Waals surface area (Å²) in [5, 5.41) is 13.2. The second-order valence-electron chi connectivity index (χ2n) is 7.93. The fourth-order valence-corrected chi connectivity index (χ4v) is 3.41. The number of benzene rings is 3. The third-order valence-electron chi connectivity index (χ3n) is 5.33. The van der Waals surface area contributed by atoms with Crippen LogP contribution in [0.5, 0.6) is 0 Å². The quantitative estimate of drug-likeness (QED) is 0.401. The van der Waals surface area contributed by atoms with Gasteiger partial charge in [-0.3, -0.25) is 0 Å². The van der Waals surface area contributed by atoms with Crippen molar-refractivity contribution in [2.24, 2.45) is 0 Å². The number of fused-ring (bicyclic) bond motifs is 1. The molecule has 1 aromatic heterocycles.